The lowest BCUT2D eigenvalue weighted by Crippen LogP contribution is -2.40. The summed E-state index contributed by atoms with van der Waals surface area (Å²) in [4.78, 5) is 27.6. The quantitative estimate of drug-likeness (QED) is 0.593. The number of carbonyl (C=O) groups excluding carboxylic acids is 2. The summed E-state index contributed by atoms with van der Waals surface area (Å²) in [7, 11) is 0. The maximum atomic E-state index is 12.7. The number of hydrogen-bond acceptors (Lipinski definition) is 4. The van der Waals surface area contributed by atoms with Gasteiger partial charge in [0.25, 0.3) is 5.91 Å². The zero-order valence-electron chi connectivity index (χ0n) is 16.9. The van der Waals surface area contributed by atoms with E-state index in [1.165, 1.54) is 19.3 Å². The third-order valence-corrected chi connectivity index (χ3v) is 5.60. The number of piperidine rings is 1. The minimum atomic E-state index is -0.151. The fourth-order valence-electron chi connectivity index (χ4n) is 3.94. The Kier molecular flexibility index (Phi) is 6.40. The first kappa shape index (κ1) is 20.1. The van der Waals surface area contributed by atoms with Crippen molar-refractivity contribution in [2.45, 2.75) is 25.3 Å². The average Bonchev–Trinajstić information content (AvgIpc) is 3.35. The first-order chi connectivity index (χ1) is 14.7. The summed E-state index contributed by atoms with van der Waals surface area (Å²) >= 11 is 0. The number of rotatable bonds is 7. The molecule has 1 unspecified atom stereocenters. The minimum absolute atomic E-state index is 0.0307. The molecule has 2 heterocycles. The number of likely N-dealkylation sites (tertiary alicyclic amines) is 1. The van der Waals surface area contributed by atoms with E-state index in [9.17, 15) is 9.59 Å². The normalized spacial score (nSPS) is 15.5. The molecular formula is C25H26N2O3. The fraction of sp³-hybridized carbons (Fsp3) is 0.280. The maximum Gasteiger partial charge on any atom is 0.251 e. The smallest absolute Gasteiger partial charge is 0.251 e. The number of nitrogens with zero attached hydrogens (tertiary/aromatic N) is 1. The molecule has 1 aliphatic rings. The molecule has 1 aliphatic heterocycles. The largest absolute Gasteiger partial charge is 0.468 e. The highest BCUT2D eigenvalue weighted by Crippen LogP contribution is 2.24. The van der Waals surface area contributed by atoms with Crippen molar-refractivity contribution in [2.24, 2.45) is 0 Å². The lowest BCUT2D eigenvalue weighted by atomic mass is 10.0. The number of furan rings is 1. The summed E-state index contributed by atoms with van der Waals surface area (Å²) in [6.45, 7) is 2.51. The topological polar surface area (TPSA) is 62.6 Å². The highest BCUT2D eigenvalue weighted by molar-refractivity contribution is 6.09. The Morgan fingerprint density at radius 1 is 0.833 bits per heavy atom. The van der Waals surface area contributed by atoms with E-state index in [0.717, 1.165) is 18.8 Å². The monoisotopic (exact) mass is 402 g/mol. The Labute approximate surface area is 176 Å². The van der Waals surface area contributed by atoms with Crippen LogP contribution in [0.3, 0.4) is 0 Å². The second-order valence-electron chi connectivity index (χ2n) is 7.61. The van der Waals surface area contributed by atoms with Crippen LogP contribution in [0.15, 0.2) is 77.4 Å². The van der Waals surface area contributed by atoms with Crippen LogP contribution in [0.1, 0.15) is 57.3 Å². The Morgan fingerprint density at radius 3 is 2.17 bits per heavy atom. The van der Waals surface area contributed by atoms with Crippen molar-refractivity contribution < 1.29 is 14.0 Å². The molecule has 5 heteroatoms. The van der Waals surface area contributed by atoms with E-state index in [-0.39, 0.29) is 17.7 Å². The summed E-state index contributed by atoms with van der Waals surface area (Å²) in [6, 6.07) is 19.8. The first-order valence-corrected chi connectivity index (χ1v) is 10.5. The van der Waals surface area contributed by atoms with E-state index in [2.05, 4.69) is 10.2 Å². The number of amides is 1. The SMILES string of the molecule is O=C(NCC(c1ccco1)N1CCCCC1)c1ccc(C(=O)c2ccccc2)cc1. The zero-order chi connectivity index (χ0) is 20.8. The van der Waals surface area contributed by atoms with Gasteiger partial charge >= 0.3 is 0 Å². The Balaban J connectivity index is 1.41. The number of carbonyl (C=O) groups is 2. The van der Waals surface area contributed by atoms with Gasteiger partial charge in [-0.2, -0.15) is 0 Å². The van der Waals surface area contributed by atoms with E-state index in [1.807, 2.05) is 30.3 Å². The van der Waals surface area contributed by atoms with Gasteiger partial charge in [-0.05, 0) is 50.2 Å². The molecule has 0 saturated carbocycles. The molecule has 1 fully saturated rings. The van der Waals surface area contributed by atoms with Crippen LogP contribution in [-0.2, 0) is 0 Å². The highest BCUT2D eigenvalue weighted by atomic mass is 16.3. The van der Waals surface area contributed by atoms with Crippen molar-refractivity contribution in [3.8, 4) is 0 Å². The second-order valence-corrected chi connectivity index (χ2v) is 7.61. The van der Waals surface area contributed by atoms with E-state index in [1.54, 1.807) is 42.7 Å². The van der Waals surface area contributed by atoms with Gasteiger partial charge in [0.15, 0.2) is 5.78 Å². The molecule has 1 amide bonds. The van der Waals surface area contributed by atoms with Crippen molar-refractivity contribution in [2.75, 3.05) is 19.6 Å². The molecular weight excluding hydrogens is 376 g/mol. The standard InChI is InChI=1S/C25H26N2O3/c28-24(19-8-3-1-4-9-19)20-11-13-21(14-12-20)25(29)26-18-22(23-10-7-17-30-23)27-15-5-2-6-16-27/h1,3-4,7-14,17,22H,2,5-6,15-16,18H2,(H,26,29). The van der Waals surface area contributed by atoms with E-state index in [0.29, 0.717) is 23.2 Å². The van der Waals surface area contributed by atoms with Crippen LogP contribution >= 0.6 is 0 Å². The molecule has 154 valence electrons. The molecule has 3 aromatic rings. The molecule has 0 aliphatic carbocycles. The fourth-order valence-corrected chi connectivity index (χ4v) is 3.94. The van der Waals surface area contributed by atoms with Gasteiger partial charge in [-0.15, -0.1) is 0 Å². The Morgan fingerprint density at radius 2 is 1.50 bits per heavy atom. The predicted octanol–water partition coefficient (Wildman–Crippen LogP) is 4.47. The van der Waals surface area contributed by atoms with E-state index >= 15 is 0 Å². The number of hydrogen-bond donors (Lipinski definition) is 1. The molecule has 1 aromatic heterocycles. The molecule has 1 N–H and O–H groups in total. The van der Waals surface area contributed by atoms with Gasteiger partial charge in [0.2, 0.25) is 0 Å². The first-order valence-electron chi connectivity index (χ1n) is 10.5. The van der Waals surface area contributed by atoms with Crippen LogP contribution in [0.5, 0.6) is 0 Å². The van der Waals surface area contributed by atoms with E-state index in [4.69, 9.17) is 4.42 Å². The van der Waals surface area contributed by atoms with Gasteiger partial charge in [-0.1, -0.05) is 48.9 Å². The van der Waals surface area contributed by atoms with Crippen molar-refractivity contribution in [3.63, 3.8) is 0 Å². The molecule has 2 aromatic carbocycles. The van der Waals surface area contributed by atoms with Crippen LogP contribution in [0.25, 0.3) is 0 Å². The van der Waals surface area contributed by atoms with Crippen LogP contribution in [0.4, 0.5) is 0 Å². The van der Waals surface area contributed by atoms with E-state index < -0.39 is 0 Å². The van der Waals surface area contributed by atoms with Crippen LogP contribution in [0.2, 0.25) is 0 Å². The lowest BCUT2D eigenvalue weighted by Gasteiger charge is -2.33. The number of benzene rings is 2. The van der Waals surface area contributed by atoms with Gasteiger partial charge in [-0.25, -0.2) is 0 Å². The number of nitrogens with one attached hydrogen (secondary N) is 1. The molecule has 5 nitrogen and oxygen atoms in total. The van der Waals surface area contributed by atoms with Crippen LogP contribution in [-0.4, -0.2) is 36.2 Å². The van der Waals surface area contributed by atoms with Gasteiger partial charge in [0, 0.05) is 23.2 Å². The van der Waals surface area contributed by atoms with Crippen LogP contribution in [0, 0.1) is 0 Å². The second kappa shape index (κ2) is 9.55. The highest BCUT2D eigenvalue weighted by Gasteiger charge is 2.25. The molecule has 4 rings (SSSR count). The summed E-state index contributed by atoms with van der Waals surface area (Å²) in [5.41, 5.74) is 1.74. The van der Waals surface area contributed by atoms with Crippen molar-refractivity contribution in [1.82, 2.24) is 10.2 Å². The van der Waals surface area contributed by atoms with Crippen molar-refractivity contribution >= 4 is 11.7 Å². The average molecular weight is 402 g/mol. The maximum absolute atomic E-state index is 12.7. The molecule has 0 spiro atoms. The lowest BCUT2D eigenvalue weighted by molar-refractivity contribution is 0.0913. The third kappa shape index (κ3) is 4.69. The molecule has 1 saturated heterocycles. The molecule has 0 bridgehead atoms. The summed E-state index contributed by atoms with van der Waals surface area (Å²) < 4.78 is 5.64. The Hall–Kier alpha value is -3.18. The summed E-state index contributed by atoms with van der Waals surface area (Å²) in [5, 5.41) is 3.04. The summed E-state index contributed by atoms with van der Waals surface area (Å²) in [5.74, 6) is 0.675. The van der Waals surface area contributed by atoms with Gasteiger partial charge in [0.1, 0.15) is 5.76 Å². The molecule has 1 atom stereocenters. The summed E-state index contributed by atoms with van der Waals surface area (Å²) in [6.07, 6.45) is 5.27. The Bertz CT molecular complexity index is 959. The van der Waals surface area contributed by atoms with Gasteiger partial charge in [0.05, 0.1) is 12.3 Å². The third-order valence-electron chi connectivity index (χ3n) is 5.60. The van der Waals surface area contributed by atoms with Gasteiger partial charge in [-0.3, -0.25) is 14.5 Å². The molecule has 30 heavy (non-hydrogen) atoms. The van der Waals surface area contributed by atoms with Crippen LogP contribution < -0.4 is 5.32 Å². The number of ketones is 1. The minimum Gasteiger partial charge on any atom is -0.468 e. The van der Waals surface area contributed by atoms with Crippen molar-refractivity contribution in [1.29, 1.82) is 0 Å². The predicted molar refractivity (Wildman–Crippen MR) is 116 cm³/mol. The molecule has 0 radical (unpaired) electrons. The van der Waals surface area contributed by atoms with Crippen molar-refractivity contribution in [3.05, 3.63) is 95.4 Å². The van der Waals surface area contributed by atoms with Gasteiger partial charge < -0.3 is 9.73 Å². The zero-order valence-corrected chi connectivity index (χ0v) is 16.9.